The lowest BCUT2D eigenvalue weighted by atomic mass is 10.1. The van der Waals surface area contributed by atoms with Crippen molar-refractivity contribution in [1.82, 2.24) is 30.5 Å². The Morgan fingerprint density at radius 2 is 2.24 bits per heavy atom. The van der Waals surface area contributed by atoms with Crippen LogP contribution in [-0.4, -0.2) is 32.2 Å². The van der Waals surface area contributed by atoms with Crippen LogP contribution >= 0.6 is 11.8 Å². The van der Waals surface area contributed by atoms with Crippen molar-refractivity contribution in [3.63, 3.8) is 0 Å². The van der Waals surface area contributed by atoms with E-state index in [9.17, 15) is 0 Å². The van der Waals surface area contributed by atoms with E-state index in [0.717, 1.165) is 15.7 Å². The van der Waals surface area contributed by atoms with Crippen molar-refractivity contribution >= 4 is 11.8 Å². The van der Waals surface area contributed by atoms with E-state index < -0.39 is 0 Å². The number of hydrogen-bond acceptors (Lipinski definition) is 6. The molecule has 17 heavy (non-hydrogen) atoms. The van der Waals surface area contributed by atoms with Gasteiger partial charge < -0.3 is 5.32 Å². The largest absolute Gasteiger partial charge is 0.313 e. The minimum atomic E-state index is 0.304. The van der Waals surface area contributed by atoms with Gasteiger partial charge in [0.25, 0.3) is 0 Å². The highest BCUT2D eigenvalue weighted by Crippen LogP contribution is 2.23. The Hall–Kier alpha value is -1.47. The van der Waals surface area contributed by atoms with Crippen molar-refractivity contribution in [1.29, 1.82) is 0 Å². The van der Waals surface area contributed by atoms with E-state index in [1.165, 1.54) is 11.8 Å². The molecule has 0 saturated carbocycles. The van der Waals surface area contributed by atoms with Gasteiger partial charge in [-0.15, -0.1) is 5.10 Å². The first-order valence-corrected chi connectivity index (χ1v) is 6.06. The van der Waals surface area contributed by atoms with Crippen LogP contribution in [0.3, 0.4) is 0 Å². The van der Waals surface area contributed by atoms with Crippen LogP contribution in [0.25, 0.3) is 0 Å². The van der Waals surface area contributed by atoms with E-state index in [4.69, 9.17) is 0 Å². The molecule has 90 valence electrons. The van der Waals surface area contributed by atoms with Crippen LogP contribution in [0.5, 0.6) is 0 Å². The molecule has 1 atom stereocenters. The summed E-state index contributed by atoms with van der Waals surface area (Å²) in [7, 11) is 3.73. The SMILES string of the molecule is CNC(C)c1ccc(Sc2nnnn2C)nc1. The van der Waals surface area contributed by atoms with E-state index in [1.54, 1.807) is 11.7 Å². The Balaban J connectivity index is 2.11. The second-order valence-corrected chi connectivity index (χ2v) is 4.61. The Morgan fingerprint density at radius 1 is 1.41 bits per heavy atom. The van der Waals surface area contributed by atoms with Crippen molar-refractivity contribution in [3.05, 3.63) is 23.9 Å². The molecule has 0 aliphatic rings. The van der Waals surface area contributed by atoms with Gasteiger partial charge in [-0.05, 0) is 47.8 Å². The highest BCUT2D eigenvalue weighted by atomic mass is 32.2. The molecule has 0 aliphatic carbocycles. The van der Waals surface area contributed by atoms with Crippen molar-refractivity contribution in [2.45, 2.75) is 23.1 Å². The summed E-state index contributed by atoms with van der Waals surface area (Å²) in [6, 6.07) is 4.33. The van der Waals surface area contributed by atoms with E-state index >= 15 is 0 Å². The minimum Gasteiger partial charge on any atom is -0.313 e. The fraction of sp³-hybridized carbons (Fsp3) is 0.400. The van der Waals surface area contributed by atoms with Gasteiger partial charge in [-0.3, -0.25) is 0 Å². The number of hydrogen-bond donors (Lipinski definition) is 1. The van der Waals surface area contributed by atoms with E-state index in [-0.39, 0.29) is 0 Å². The summed E-state index contributed by atoms with van der Waals surface area (Å²) in [6.45, 7) is 2.09. The maximum Gasteiger partial charge on any atom is 0.215 e. The molecule has 7 heteroatoms. The highest BCUT2D eigenvalue weighted by Gasteiger charge is 2.07. The molecule has 2 aromatic rings. The monoisotopic (exact) mass is 250 g/mol. The summed E-state index contributed by atoms with van der Waals surface area (Å²) in [6.07, 6.45) is 1.87. The Labute approximate surface area is 104 Å². The standard InChI is InChI=1S/C10H14N6S/c1-7(11-2)8-4-5-9(12-6-8)17-10-13-14-15-16(10)3/h4-7,11H,1-3H3. The molecule has 0 bridgehead atoms. The third-order valence-corrected chi connectivity index (χ3v) is 3.45. The first-order valence-electron chi connectivity index (χ1n) is 5.24. The van der Waals surface area contributed by atoms with Gasteiger partial charge in [0.05, 0.1) is 0 Å². The number of pyridine rings is 1. The van der Waals surface area contributed by atoms with Gasteiger partial charge in [0.1, 0.15) is 5.03 Å². The molecule has 0 radical (unpaired) electrons. The number of nitrogens with zero attached hydrogens (tertiary/aromatic N) is 5. The molecule has 0 saturated heterocycles. The Morgan fingerprint density at radius 3 is 2.76 bits per heavy atom. The van der Waals surface area contributed by atoms with Crippen LogP contribution in [-0.2, 0) is 7.05 Å². The van der Waals surface area contributed by atoms with Gasteiger partial charge in [0.15, 0.2) is 0 Å². The summed E-state index contributed by atoms with van der Waals surface area (Å²) in [5, 5.41) is 16.0. The lowest BCUT2D eigenvalue weighted by Gasteiger charge is -2.09. The molecule has 0 aliphatic heterocycles. The second kappa shape index (κ2) is 5.24. The quantitative estimate of drug-likeness (QED) is 0.874. The van der Waals surface area contributed by atoms with Crippen molar-refractivity contribution in [2.24, 2.45) is 7.05 Å². The third kappa shape index (κ3) is 2.80. The summed E-state index contributed by atoms with van der Waals surface area (Å²) in [5.74, 6) is 0. The lowest BCUT2D eigenvalue weighted by molar-refractivity contribution is 0.647. The average molecular weight is 250 g/mol. The molecule has 0 spiro atoms. The Bertz CT molecular complexity index is 480. The third-order valence-electron chi connectivity index (χ3n) is 2.47. The minimum absolute atomic E-state index is 0.304. The van der Waals surface area contributed by atoms with Gasteiger partial charge in [-0.25, -0.2) is 9.67 Å². The summed E-state index contributed by atoms with van der Waals surface area (Å²) >= 11 is 1.44. The second-order valence-electron chi connectivity index (χ2n) is 3.63. The summed E-state index contributed by atoms with van der Waals surface area (Å²) in [5.41, 5.74) is 1.16. The van der Waals surface area contributed by atoms with Gasteiger partial charge >= 0.3 is 0 Å². The van der Waals surface area contributed by atoms with Gasteiger partial charge in [0.2, 0.25) is 5.16 Å². The average Bonchev–Trinajstić information content (AvgIpc) is 2.75. The summed E-state index contributed by atoms with van der Waals surface area (Å²) < 4.78 is 1.62. The zero-order valence-corrected chi connectivity index (χ0v) is 10.8. The molecule has 0 amide bonds. The van der Waals surface area contributed by atoms with Crippen LogP contribution in [0.2, 0.25) is 0 Å². The summed E-state index contributed by atoms with van der Waals surface area (Å²) in [4.78, 5) is 4.38. The fourth-order valence-electron chi connectivity index (χ4n) is 1.28. The smallest absolute Gasteiger partial charge is 0.215 e. The first-order chi connectivity index (χ1) is 8.20. The van der Waals surface area contributed by atoms with Crippen LogP contribution in [0.1, 0.15) is 18.5 Å². The van der Waals surface area contributed by atoms with Crippen molar-refractivity contribution < 1.29 is 0 Å². The number of rotatable bonds is 4. The van der Waals surface area contributed by atoms with Gasteiger partial charge in [0, 0.05) is 19.3 Å². The molecule has 2 heterocycles. The lowest BCUT2D eigenvalue weighted by Crippen LogP contribution is -2.12. The van der Waals surface area contributed by atoms with E-state index in [1.807, 2.05) is 19.3 Å². The maximum absolute atomic E-state index is 4.38. The zero-order valence-electron chi connectivity index (χ0n) is 9.95. The number of aryl methyl sites for hydroxylation is 1. The van der Waals surface area contributed by atoms with E-state index in [2.05, 4.69) is 38.8 Å². The van der Waals surface area contributed by atoms with Crippen molar-refractivity contribution in [2.75, 3.05) is 7.05 Å². The molecule has 0 aromatic carbocycles. The molecule has 1 unspecified atom stereocenters. The predicted octanol–water partition coefficient (Wildman–Crippen LogP) is 1.04. The normalized spacial score (nSPS) is 12.6. The molecule has 0 fully saturated rings. The topological polar surface area (TPSA) is 68.5 Å². The van der Waals surface area contributed by atoms with Crippen LogP contribution in [0.4, 0.5) is 0 Å². The Kier molecular flexibility index (Phi) is 3.70. The predicted molar refractivity (Wildman–Crippen MR) is 64.6 cm³/mol. The zero-order chi connectivity index (χ0) is 12.3. The van der Waals surface area contributed by atoms with Crippen LogP contribution in [0.15, 0.2) is 28.5 Å². The molecule has 1 N–H and O–H groups in total. The molecular formula is C10H14N6S. The maximum atomic E-state index is 4.38. The van der Waals surface area contributed by atoms with Crippen LogP contribution < -0.4 is 5.32 Å². The fourth-order valence-corrected chi connectivity index (χ4v) is 1.95. The van der Waals surface area contributed by atoms with Crippen LogP contribution in [0, 0.1) is 0 Å². The highest BCUT2D eigenvalue weighted by molar-refractivity contribution is 7.99. The molecule has 6 nitrogen and oxygen atoms in total. The number of tetrazole rings is 1. The molecular weight excluding hydrogens is 236 g/mol. The molecule has 2 aromatic heterocycles. The van der Waals surface area contributed by atoms with E-state index in [0.29, 0.717) is 6.04 Å². The van der Waals surface area contributed by atoms with Crippen molar-refractivity contribution in [3.8, 4) is 0 Å². The number of aromatic nitrogens is 5. The van der Waals surface area contributed by atoms with Gasteiger partial charge in [-0.1, -0.05) is 6.07 Å². The first kappa shape index (κ1) is 12.0. The van der Waals surface area contributed by atoms with Gasteiger partial charge in [-0.2, -0.15) is 0 Å². The number of nitrogens with one attached hydrogen (secondary N) is 1. The molecule has 2 rings (SSSR count).